The predicted molar refractivity (Wildman–Crippen MR) is 106 cm³/mol. The van der Waals surface area contributed by atoms with Crippen molar-refractivity contribution in [2.45, 2.75) is 115 Å². The molecule has 160 valence electrons. The van der Waals surface area contributed by atoms with E-state index in [4.69, 9.17) is 20.0 Å². The second-order valence-corrected chi connectivity index (χ2v) is 11.8. The summed E-state index contributed by atoms with van der Waals surface area (Å²) in [5.74, 6) is 0. The van der Waals surface area contributed by atoms with Crippen LogP contribution in [0.1, 0.15) is 81.1 Å². The maximum Gasteiger partial charge on any atom is 0.432 e. The van der Waals surface area contributed by atoms with Gasteiger partial charge in [-0.25, -0.2) is 0 Å². The lowest BCUT2D eigenvalue weighted by atomic mass is 9.79. The van der Waals surface area contributed by atoms with Crippen LogP contribution in [0.5, 0.6) is 0 Å². The van der Waals surface area contributed by atoms with Crippen LogP contribution in [-0.2, 0) is 19.0 Å². The number of hydroxylamine groups is 4. The monoisotopic (exact) mass is 406 g/mol. The van der Waals surface area contributed by atoms with E-state index in [-0.39, 0.29) is 12.1 Å². The summed E-state index contributed by atoms with van der Waals surface area (Å²) < 4.78 is 36.8. The van der Waals surface area contributed by atoms with Crippen LogP contribution in [0.25, 0.3) is 0 Å². The Morgan fingerprint density at radius 3 is 1.11 bits per heavy atom. The van der Waals surface area contributed by atoms with Crippen LogP contribution in [0, 0.1) is 0 Å². The summed E-state index contributed by atoms with van der Waals surface area (Å²) in [6, 6.07) is -0.0279. The average Bonchev–Trinajstić information content (AvgIpc) is 2.36. The van der Waals surface area contributed by atoms with Crippen LogP contribution < -0.4 is 11.5 Å². The number of hydrogen-bond acceptors (Lipinski definition) is 8. The molecule has 4 N–H and O–H groups in total. The summed E-state index contributed by atoms with van der Waals surface area (Å²) in [7, 11) is -4.33. The van der Waals surface area contributed by atoms with Gasteiger partial charge in [0.05, 0.1) is 0 Å². The SMILES string of the molecule is CC1(C)CC(N)CC(C)(C)N1OS(=O)(=O)ON1C(C)(C)CC(N)CC1(C)C. The molecule has 0 aromatic rings. The van der Waals surface area contributed by atoms with Crippen molar-refractivity contribution < 1.29 is 17.0 Å². The summed E-state index contributed by atoms with van der Waals surface area (Å²) >= 11 is 0. The van der Waals surface area contributed by atoms with Crippen molar-refractivity contribution in [3.63, 3.8) is 0 Å². The van der Waals surface area contributed by atoms with Gasteiger partial charge in [-0.15, -0.1) is 0 Å². The minimum absolute atomic E-state index is 0.0140. The highest BCUT2D eigenvalue weighted by Gasteiger charge is 2.51. The summed E-state index contributed by atoms with van der Waals surface area (Å²) in [5, 5.41) is 3.04. The third-order valence-corrected chi connectivity index (χ3v) is 6.24. The third kappa shape index (κ3) is 5.01. The van der Waals surface area contributed by atoms with Gasteiger partial charge >= 0.3 is 10.4 Å². The molecule has 0 aromatic carbocycles. The number of hydrogen-bond donors (Lipinski definition) is 2. The lowest BCUT2D eigenvalue weighted by Crippen LogP contribution is -2.65. The van der Waals surface area contributed by atoms with Gasteiger partial charge in [-0.2, -0.15) is 27.1 Å². The molecule has 2 rings (SSSR count). The lowest BCUT2D eigenvalue weighted by Gasteiger charge is -2.54. The van der Waals surface area contributed by atoms with Crippen molar-refractivity contribution in [3.05, 3.63) is 0 Å². The fourth-order valence-corrected chi connectivity index (χ4v) is 6.48. The van der Waals surface area contributed by atoms with Crippen LogP contribution in [0.3, 0.4) is 0 Å². The first-order chi connectivity index (χ1) is 11.9. The van der Waals surface area contributed by atoms with Crippen LogP contribution in [-0.4, -0.2) is 52.8 Å². The lowest BCUT2D eigenvalue weighted by molar-refractivity contribution is -0.256. The van der Waals surface area contributed by atoms with E-state index in [1.54, 1.807) is 0 Å². The highest BCUT2D eigenvalue weighted by molar-refractivity contribution is 7.81. The Morgan fingerprint density at radius 2 is 0.889 bits per heavy atom. The first-order valence-corrected chi connectivity index (χ1v) is 11.0. The molecular formula is C18H38N4O4S. The zero-order chi connectivity index (χ0) is 21.1. The van der Waals surface area contributed by atoms with Gasteiger partial charge in [0, 0.05) is 34.2 Å². The Hall–Kier alpha value is -0.290. The maximum atomic E-state index is 12.9. The molecule has 27 heavy (non-hydrogen) atoms. The van der Waals surface area contributed by atoms with Crippen LogP contribution in [0.4, 0.5) is 0 Å². The van der Waals surface area contributed by atoms with E-state index >= 15 is 0 Å². The smallest absolute Gasteiger partial charge is 0.328 e. The van der Waals surface area contributed by atoms with Crippen molar-refractivity contribution in [2.75, 3.05) is 0 Å². The Bertz CT molecular complexity index is 574. The molecule has 2 aliphatic heterocycles. The Kier molecular flexibility index (Phi) is 5.87. The van der Waals surface area contributed by atoms with E-state index in [1.165, 1.54) is 10.1 Å². The summed E-state index contributed by atoms with van der Waals surface area (Å²) in [5.41, 5.74) is 10.1. The number of rotatable bonds is 4. The van der Waals surface area contributed by atoms with Gasteiger partial charge in [0.2, 0.25) is 0 Å². The molecule has 0 aromatic heterocycles. The molecule has 0 atom stereocenters. The predicted octanol–water partition coefficient (Wildman–Crippen LogP) is 2.06. The first-order valence-electron chi connectivity index (χ1n) is 9.64. The Morgan fingerprint density at radius 1 is 0.667 bits per heavy atom. The van der Waals surface area contributed by atoms with Gasteiger partial charge in [-0.3, -0.25) is 0 Å². The van der Waals surface area contributed by atoms with Crippen LogP contribution >= 0.6 is 0 Å². The Balaban J connectivity index is 2.26. The van der Waals surface area contributed by atoms with E-state index in [9.17, 15) is 8.42 Å². The molecule has 0 bridgehead atoms. The molecule has 2 aliphatic rings. The molecule has 8 nitrogen and oxygen atoms in total. The normalized spacial score (nSPS) is 29.7. The molecule has 9 heteroatoms. The molecule has 0 aliphatic carbocycles. The highest BCUT2D eigenvalue weighted by Crippen LogP contribution is 2.41. The van der Waals surface area contributed by atoms with Crippen molar-refractivity contribution in [1.82, 2.24) is 10.1 Å². The molecule has 0 saturated carbocycles. The first kappa shape index (κ1) is 23.0. The van der Waals surface area contributed by atoms with Crippen LogP contribution in [0.15, 0.2) is 0 Å². The third-order valence-electron chi connectivity index (χ3n) is 5.58. The van der Waals surface area contributed by atoms with Crippen molar-refractivity contribution in [2.24, 2.45) is 11.5 Å². The van der Waals surface area contributed by atoms with Crippen molar-refractivity contribution in [1.29, 1.82) is 0 Å². The molecular weight excluding hydrogens is 368 g/mol. The largest absolute Gasteiger partial charge is 0.432 e. The molecule has 0 radical (unpaired) electrons. The zero-order valence-electron chi connectivity index (χ0n) is 18.1. The average molecular weight is 407 g/mol. The second kappa shape index (κ2) is 6.90. The molecule has 0 unspecified atom stereocenters. The molecule has 0 amide bonds. The molecule has 2 heterocycles. The number of piperidine rings is 2. The van der Waals surface area contributed by atoms with Gasteiger partial charge < -0.3 is 11.5 Å². The number of nitrogens with zero attached hydrogens (tertiary/aromatic N) is 2. The van der Waals surface area contributed by atoms with Gasteiger partial charge in [0.1, 0.15) is 0 Å². The molecule has 0 spiro atoms. The molecule has 2 fully saturated rings. The molecule has 2 saturated heterocycles. The number of nitrogens with two attached hydrogens (primary N) is 2. The van der Waals surface area contributed by atoms with E-state index < -0.39 is 32.6 Å². The summed E-state index contributed by atoms with van der Waals surface area (Å²) in [6.45, 7) is 15.4. The van der Waals surface area contributed by atoms with Gasteiger partial charge in [0.25, 0.3) is 0 Å². The maximum absolute atomic E-state index is 12.9. The Labute approximate surface area is 164 Å². The van der Waals surface area contributed by atoms with Crippen LogP contribution in [0.2, 0.25) is 0 Å². The van der Waals surface area contributed by atoms with Crippen molar-refractivity contribution >= 4 is 10.4 Å². The van der Waals surface area contributed by atoms with E-state index in [1.807, 2.05) is 55.4 Å². The standard InChI is InChI=1S/C18H38N4O4S/c1-15(2)9-13(19)10-16(3,4)21(15)25-27(23,24)26-22-17(5,6)11-14(20)12-18(22,7)8/h13-14H,9-12,19-20H2,1-8H3. The fourth-order valence-electron chi connectivity index (χ4n) is 5.28. The van der Waals surface area contributed by atoms with E-state index in [0.29, 0.717) is 25.7 Å². The van der Waals surface area contributed by atoms with Crippen molar-refractivity contribution in [3.8, 4) is 0 Å². The van der Waals surface area contributed by atoms with E-state index in [2.05, 4.69) is 0 Å². The quantitative estimate of drug-likeness (QED) is 0.730. The summed E-state index contributed by atoms with van der Waals surface area (Å²) in [4.78, 5) is 0. The highest BCUT2D eigenvalue weighted by atomic mass is 32.3. The zero-order valence-corrected chi connectivity index (χ0v) is 18.9. The fraction of sp³-hybridized carbons (Fsp3) is 1.00. The van der Waals surface area contributed by atoms with Gasteiger partial charge in [0.15, 0.2) is 0 Å². The minimum atomic E-state index is -4.33. The van der Waals surface area contributed by atoms with Gasteiger partial charge in [-0.05, 0) is 81.1 Å². The second-order valence-electron chi connectivity index (χ2n) is 10.7. The van der Waals surface area contributed by atoms with E-state index in [0.717, 1.165) is 0 Å². The van der Waals surface area contributed by atoms with Gasteiger partial charge in [-0.1, -0.05) is 0 Å². The minimum Gasteiger partial charge on any atom is -0.328 e. The topological polar surface area (TPSA) is 111 Å². The summed E-state index contributed by atoms with van der Waals surface area (Å²) in [6.07, 6.45) is 2.51.